The third-order valence-electron chi connectivity index (χ3n) is 5.26. The largest absolute Gasteiger partial charge is 0.351 e. The number of amides is 1. The first-order valence-electron chi connectivity index (χ1n) is 9.70. The molecule has 0 unspecified atom stereocenters. The van der Waals surface area contributed by atoms with Gasteiger partial charge in [0.1, 0.15) is 0 Å². The van der Waals surface area contributed by atoms with Gasteiger partial charge < -0.3 is 5.32 Å². The summed E-state index contributed by atoms with van der Waals surface area (Å²) in [7, 11) is -3.28. The monoisotopic (exact) mass is 435 g/mol. The third kappa shape index (κ3) is 5.15. The summed E-state index contributed by atoms with van der Waals surface area (Å²) in [6, 6.07) is 10.8. The summed E-state index contributed by atoms with van der Waals surface area (Å²) in [5.74, 6) is -0.136. The molecule has 29 heavy (non-hydrogen) atoms. The first-order valence-corrected chi connectivity index (χ1v) is 11.7. The Morgan fingerprint density at radius 1 is 1.28 bits per heavy atom. The zero-order valence-corrected chi connectivity index (χ0v) is 18.2. The van der Waals surface area contributed by atoms with E-state index >= 15 is 0 Å². The minimum Gasteiger partial charge on any atom is -0.351 e. The fourth-order valence-corrected chi connectivity index (χ4v) is 5.47. The number of hydrogen-bond acceptors (Lipinski definition) is 4. The van der Waals surface area contributed by atoms with Crippen LogP contribution < -0.4 is 10.0 Å². The number of aryl methyl sites for hydroxylation is 1. The summed E-state index contributed by atoms with van der Waals surface area (Å²) < 4.78 is 26.9. The van der Waals surface area contributed by atoms with Crippen molar-refractivity contribution >= 4 is 27.5 Å². The maximum atomic E-state index is 12.7. The Labute approximate surface area is 177 Å². The Bertz CT molecular complexity index is 974. The number of sulfonamides is 1. The van der Waals surface area contributed by atoms with Gasteiger partial charge in [-0.25, -0.2) is 13.1 Å². The highest BCUT2D eigenvalue weighted by atomic mass is 35.5. The van der Waals surface area contributed by atoms with Gasteiger partial charge in [0.25, 0.3) is 5.91 Å². The van der Waals surface area contributed by atoms with Gasteiger partial charge in [-0.15, -0.1) is 0 Å². The summed E-state index contributed by atoms with van der Waals surface area (Å²) in [6.45, 7) is 4.11. The van der Waals surface area contributed by atoms with Gasteiger partial charge in [-0.3, -0.25) is 9.78 Å². The lowest BCUT2D eigenvalue weighted by atomic mass is 9.63. The van der Waals surface area contributed by atoms with E-state index in [4.69, 9.17) is 11.6 Å². The van der Waals surface area contributed by atoms with E-state index in [9.17, 15) is 13.2 Å². The highest BCUT2D eigenvalue weighted by Crippen LogP contribution is 2.43. The number of rotatable bonds is 8. The Morgan fingerprint density at radius 3 is 2.66 bits per heavy atom. The molecule has 0 bridgehead atoms. The van der Waals surface area contributed by atoms with Crippen LogP contribution in [0.4, 0.5) is 0 Å². The van der Waals surface area contributed by atoms with E-state index in [1.807, 2.05) is 38.1 Å². The quantitative estimate of drug-likeness (QED) is 0.666. The van der Waals surface area contributed by atoms with Crippen LogP contribution in [0.25, 0.3) is 0 Å². The van der Waals surface area contributed by atoms with Crippen LogP contribution in [0.5, 0.6) is 0 Å². The lowest BCUT2D eigenvalue weighted by Crippen LogP contribution is -2.58. The van der Waals surface area contributed by atoms with Crippen molar-refractivity contribution in [2.24, 2.45) is 0 Å². The van der Waals surface area contributed by atoms with Crippen molar-refractivity contribution in [1.29, 1.82) is 0 Å². The molecule has 1 aliphatic rings. The number of halogens is 1. The molecule has 1 aliphatic carbocycles. The number of nitrogens with zero attached hydrogens (tertiary/aromatic N) is 1. The molecule has 1 heterocycles. The van der Waals surface area contributed by atoms with Gasteiger partial charge in [0.2, 0.25) is 10.0 Å². The first-order chi connectivity index (χ1) is 13.7. The van der Waals surface area contributed by atoms with Crippen molar-refractivity contribution in [2.45, 2.75) is 44.6 Å². The maximum absolute atomic E-state index is 12.7. The average molecular weight is 436 g/mol. The van der Waals surface area contributed by atoms with Crippen LogP contribution in [0.2, 0.25) is 5.02 Å². The lowest BCUT2D eigenvalue weighted by Gasteiger charge is -2.47. The molecule has 1 amide bonds. The average Bonchev–Trinajstić information content (AvgIpc) is 2.63. The molecule has 0 aliphatic heterocycles. The fraction of sp³-hybridized carbons (Fsp3) is 0.429. The van der Waals surface area contributed by atoms with Gasteiger partial charge in [-0.05, 0) is 56.0 Å². The van der Waals surface area contributed by atoms with Crippen LogP contribution in [-0.4, -0.2) is 37.6 Å². The molecular weight excluding hydrogens is 410 g/mol. The van der Waals surface area contributed by atoms with Crippen molar-refractivity contribution < 1.29 is 13.2 Å². The molecule has 6 nitrogen and oxygen atoms in total. The minimum absolute atomic E-state index is 0.114. The summed E-state index contributed by atoms with van der Waals surface area (Å²) in [5, 5.41) is 3.38. The van der Waals surface area contributed by atoms with Gasteiger partial charge in [-0.1, -0.05) is 30.7 Å². The van der Waals surface area contributed by atoms with Crippen molar-refractivity contribution in [2.75, 3.05) is 12.3 Å². The van der Waals surface area contributed by atoms with Crippen LogP contribution in [0.1, 0.15) is 47.8 Å². The normalized spacial score (nSPS) is 21.4. The van der Waals surface area contributed by atoms with Crippen molar-refractivity contribution in [3.8, 4) is 0 Å². The van der Waals surface area contributed by atoms with Crippen molar-refractivity contribution in [3.63, 3.8) is 0 Å². The molecule has 0 atom stereocenters. The Morgan fingerprint density at radius 2 is 2.03 bits per heavy atom. The fourth-order valence-electron chi connectivity index (χ4n) is 3.82. The molecule has 1 aromatic carbocycles. The predicted octanol–water partition coefficient (Wildman–Crippen LogP) is 3.20. The summed E-state index contributed by atoms with van der Waals surface area (Å²) in [4.78, 5) is 17.1. The smallest absolute Gasteiger partial charge is 0.252 e. The van der Waals surface area contributed by atoms with E-state index in [-0.39, 0.29) is 17.7 Å². The number of nitrogens with one attached hydrogen (secondary N) is 2. The van der Waals surface area contributed by atoms with Crippen LogP contribution in [-0.2, 0) is 15.4 Å². The number of pyridine rings is 1. The molecule has 3 rings (SSSR count). The van der Waals surface area contributed by atoms with E-state index in [0.717, 1.165) is 11.3 Å². The summed E-state index contributed by atoms with van der Waals surface area (Å²) in [5.41, 5.74) is 1.85. The second-order valence-corrected chi connectivity index (χ2v) is 9.98. The summed E-state index contributed by atoms with van der Waals surface area (Å²) in [6.07, 6.45) is 3.44. The van der Waals surface area contributed by atoms with Crippen LogP contribution >= 0.6 is 11.6 Å². The number of carbonyl (C=O) groups excluding carboxylic acids is 1. The molecular formula is C21H26ClN3O3S. The molecule has 0 radical (unpaired) electrons. The van der Waals surface area contributed by atoms with Gasteiger partial charge >= 0.3 is 0 Å². The van der Waals surface area contributed by atoms with Gasteiger partial charge in [0.05, 0.1) is 16.3 Å². The lowest BCUT2D eigenvalue weighted by molar-refractivity contribution is 0.0914. The second kappa shape index (κ2) is 8.81. The number of benzene rings is 1. The zero-order valence-electron chi connectivity index (χ0n) is 16.6. The van der Waals surface area contributed by atoms with Gasteiger partial charge in [0.15, 0.2) is 0 Å². The topological polar surface area (TPSA) is 88.2 Å². The summed E-state index contributed by atoms with van der Waals surface area (Å²) >= 11 is 6.21. The molecule has 156 valence electrons. The van der Waals surface area contributed by atoms with Crippen LogP contribution in [0.3, 0.4) is 0 Å². The van der Waals surface area contributed by atoms with E-state index < -0.39 is 15.4 Å². The highest BCUT2D eigenvalue weighted by molar-refractivity contribution is 7.89. The van der Waals surface area contributed by atoms with Crippen LogP contribution in [0.15, 0.2) is 42.6 Å². The molecule has 2 aromatic rings. The minimum atomic E-state index is -3.28. The predicted molar refractivity (Wildman–Crippen MR) is 115 cm³/mol. The number of aromatic nitrogens is 1. The molecule has 1 saturated carbocycles. The van der Waals surface area contributed by atoms with Gasteiger partial charge in [0, 0.05) is 29.9 Å². The van der Waals surface area contributed by atoms with Crippen molar-refractivity contribution in [1.82, 2.24) is 15.0 Å². The molecule has 8 heteroatoms. The van der Waals surface area contributed by atoms with Gasteiger partial charge in [-0.2, -0.15) is 0 Å². The SMILES string of the molecule is CCCS(=O)(=O)N[C@H]1C[C@](CNC(=O)c2ccc(C)cc2Cl)(c2ccccn2)C1. The Balaban J connectivity index is 1.72. The zero-order chi connectivity index (χ0) is 21.1. The Hall–Kier alpha value is -1.96. The van der Waals surface area contributed by atoms with E-state index in [1.165, 1.54) is 0 Å². The molecule has 0 saturated heterocycles. The standard InChI is InChI=1S/C21H26ClN3O3S/c1-3-10-29(27,28)25-16-12-21(13-16,19-6-4-5-9-23-19)14-24-20(26)17-8-7-15(2)11-18(17)22/h4-9,11,16,25H,3,10,12-14H2,1-2H3,(H,24,26)/t16-,21-. The molecule has 2 N–H and O–H groups in total. The Kier molecular flexibility index (Phi) is 6.61. The van der Waals surface area contributed by atoms with E-state index in [1.54, 1.807) is 18.3 Å². The van der Waals surface area contributed by atoms with E-state index in [0.29, 0.717) is 36.4 Å². The molecule has 0 spiro atoms. The van der Waals surface area contributed by atoms with Crippen LogP contribution in [0, 0.1) is 6.92 Å². The number of hydrogen-bond donors (Lipinski definition) is 2. The highest BCUT2D eigenvalue weighted by Gasteiger charge is 2.47. The van der Waals surface area contributed by atoms with E-state index in [2.05, 4.69) is 15.0 Å². The number of carbonyl (C=O) groups is 1. The second-order valence-electron chi connectivity index (χ2n) is 7.70. The maximum Gasteiger partial charge on any atom is 0.252 e. The first kappa shape index (κ1) is 21.7. The molecule has 1 aromatic heterocycles. The van der Waals surface area contributed by atoms with Crippen molar-refractivity contribution in [3.05, 3.63) is 64.4 Å². The molecule has 1 fully saturated rings. The third-order valence-corrected chi connectivity index (χ3v) is 7.21.